The molecule has 1 heterocycles. The molecule has 2 nitrogen and oxygen atoms in total. The molecule has 0 spiro atoms. The van der Waals surface area contributed by atoms with E-state index in [1.807, 2.05) is 0 Å². The summed E-state index contributed by atoms with van der Waals surface area (Å²) in [5, 5.41) is 12.7. The fraction of sp³-hybridized carbons (Fsp3) is 0.625. The van der Waals surface area contributed by atoms with Crippen LogP contribution in [0.25, 0.3) is 0 Å². The van der Waals surface area contributed by atoms with Crippen LogP contribution in [0.3, 0.4) is 0 Å². The minimum absolute atomic E-state index is 0.236. The first kappa shape index (κ1) is 13.6. The highest BCUT2D eigenvalue weighted by molar-refractivity contribution is 5.35. The van der Waals surface area contributed by atoms with E-state index in [-0.39, 0.29) is 5.41 Å². The van der Waals surface area contributed by atoms with Crippen LogP contribution in [-0.4, -0.2) is 24.8 Å². The molecule has 1 aliphatic heterocycles. The molecule has 0 saturated carbocycles. The fourth-order valence-electron chi connectivity index (χ4n) is 3.06. The molecule has 100 valence electrons. The van der Waals surface area contributed by atoms with E-state index >= 15 is 0 Å². The molecule has 0 radical (unpaired) electrons. The van der Waals surface area contributed by atoms with Gasteiger partial charge in [0.05, 0.1) is 0 Å². The van der Waals surface area contributed by atoms with Gasteiger partial charge in [-0.25, -0.2) is 0 Å². The second-order valence-corrected chi connectivity index (χ2v) is 5.69. The molecular weight excluding hydrogens is 222 g/mol. The van der Waals surface area contributed by atoms with Crippen molar-refractivity contribution in [1.82, 2.24) is 5.32 Å². The first-order valence-corrected chi connectivity index (χ1v) is 7.07. The Bertz CT molecular complexity index is 394. The lowest BCUT2D eigenvalue weighted by Crippen LogP contribution is -2.43. The predicted octanol–water partition coefficient (Wildman–Crippen LogP) is 2.70. The normalized spacial score (nSPS) is 24.2. The molecule has 1 unspecified atom stereocenters. The Morgan fingerprint density at radius 3 is 2.72 bits per heavy atom. The SMILES string of the molecule is Cc1ccc(C2(CCCO)CCCNC2)cc1C. The van der Waals surface area contributed by atoms with Crippen molar-refractivity contribution >= 4 is 0 Å². The maximum absolute atomic E-state index is 9.14. The molecule has 0 bridgehead atoms. The minimum Gasteiger partial charge on any atom is -0.396 e. The number of aryl methyl sites for hydroxylation is 2. The zero-order chi connectivity index (χ0) is 13.0. The van der Waals surface area contributed by atoms with Gasteiger partial charge in [0.2, 0.25) is 0 Å². The molecule has 0 aromatic heterocycles. The molecule has 2 heteroatoms. The van der Waals surface area contributed by atoms with Gasteiger partial charge >= 0.3 is 0 Å². The molecule has 1 fully saturated rings. The van der Waals surface area contributed by atoms with Crippen LogP contribution in [-0.2, 0) is 5.41 Å². The van der Waals surface area contributed by atoms with Crippen LogP contribution in [0.5, 0.6) is 0 Å². The number of hydrogen-bond acceptors (Lipinski definition) is 2. The number of piperidine rings is 1. The maximum atomic E-state index is 9.14. The van der Waals surface area contributed by atoms with Crippen LogP contribution in [0.1, 0.15) is 42.4 Å². The summed E-state index contributed by atoms with van der Waals surface area (Å²) in [6, 6.07) is 6.87. The number of rotatable bonds is 4. The second kappa shape index (κ2) is 5.85. The van der Waals surface area contributed by atoms with Gasteiger partial charge in [-0.3, -0.25) is 0 Å². The Morgan fingerprint density at radius 1 is 1.28 bits per heavy atom. The van der Waals surface area contributed by atoms with Gasteiger partial charge in [0.15, 0.2) is 0 Å². The monoisotopic (exact) mass is 247 g/mol. The van der Waals surface area contributed by atoms with Crippen molar-refractivity contribution in [2.24, 2.45) is 0 Å². The molecule has 1 aromatic carbocycles. The lowest BCUT2D eigenvalue weighted by molar-refractivity contribution is 0.234. The molecule has 2 N–H and O–H groups in total. The van der Waals surface area contributed by atoms with Crippen molar-refractivity contribution in [3.63, 3.8) is 0 Å². The van der Waals surface area contributed by atoms with Crippen LogP contribution < -0.4 is 5.32 Å². The Labute approximate surface area is 110 Å². The molecule has 1 aliphatic rings. The Hall–Kier alpha value is -0.860. The standard InChI is InChI=1S/C16H25NO/c1-13-5-6-15(11-14(13)2)16(8-4-10-18)7-3-9-17-12-16/h5-6,11,17-18H,3-4,7-10,12H2,1-2H3. The van der Waals surface area contributed by atoms with Crippen LogP contribution in [0.2, 0.25) is 0 Å². The van der Waals surface area contributed by atoms with Crippen molar-refractivity contribution in [3.05, 3.63) is 34.9 Å². The zero-order valence-electron chi connectivity index (χ0n) is 11.6. The molecule has 18 heavy (non-hydrogen) atoms. The van der Waals surface area contributed by atoms with Gasteiger partial charge in [-0.1, -0.05) is 18.2 Å². The lowest BCUT2D eigenvalue weighted by atomic mass is 9.71. The highest BCUT2D eigenvalue weighted by Gasteiger charge is 2.33. The first-order chi connectivity index (χ1) is 8.68. The van der Waals surface area contributed by atoms with E-state index in [2.05, 4.69) is 37.4 Å². The largest absolute Gasteiger partial charge is 0.396 e. The summed E-state index contributed by atoms with van der Waals surface area (Å²) in [5.41, 5.74) is 4.42. The molecule has 1 atom stereocenters. The smallest absolute Gasteiger partial charge is 0.0431 e. The van der Waals surface area contributed by atoms with E-state index in [9.17, 15) is 0 Å². The number of benzene rings is 1. The molecule has 0 aliphatic carbocycles. The van der Waals surface area contributed by atoms with Crippen molar-refractivity contribution in [1.29, 1.82) is 0 Å². The van der Waals surface area contributed by atoms with Gasteiger partial charge in [-0.05, 0) is 62.8 Å². The van der Waals surface area contributed by atoms with Crippen LogP contribution in [0.15, 0.2) is 18.2 Å². The Kier molecular flexibility index (Phi) is 4.41. The highest BCUT2D eigenvalue weighted by Crippen LogP contribution is 2.36. The number of aliphatic hydroxyl groups excluding tert-OH is 1. The van der Waals surface area contributed by atoms with Gasteiger partial charge < -0.3 is 10.4 Å². The van der Waals surface area contributed by atoms with E-state index in [0.717, 1.165) is 25.9 Å². The van der Waals surface area contributed by atoms with Crippen molar-refractivity contribution < 1.29 is 5.11 Å². The maximum Gasteiger partial charge on any atom is 0.0431 e. The average molecular weight is 247 g/mol. The molecule has 0 amide bonds. The van der Waals surface area contributed by atoms with Crippen molar-refractivity contribution in [3.8, 4) is 0 Å². The lowest BCUT2D eigenvalue weighted by Gasteiger charge is -2.39. The van der Waals surface area contributed by atoms with Crippen LogP contribution in [0.4, 0.5) is 0 Å². The summed E-state index contributed by atoms with van der Waals surface area (Å²) in [4.78, 5) is 0. The van der Waals surface area contributed by atoms with Crippen molar-refractivity contribution in [2.75, 3.05) is 19.7 Å². The zero-order valence-corrected chi connectivity index (χ0v) is 11.6. The third kappa shape index (κ3) is 2.76. The van der Waals surface area contributed by atoms with Gasteiger partial charge in [0.1, 0.15) is 0 Å². The average Bonchev–Trinajstić information content (AvgIpc) is 2.40. The number of nitrogens with one attached hydrogen (secondary N) is 1. The number of hydrogen-bond donors (Lipinski definition) is 2. The quantitative estimate of drug-likeness (QED) is 0.857. The van der Waals surface area contributed by atoms with Gasteiger partial charge in [-0.15, -0.1) is 0 Å². The minimum atomic E-state index is 0.236. The molecule has 1 saturated heterocycles. The van der Waals surface area contributed by atoms with E-state index in [4.69, 9.17) is 5.11 Å². The van der Waals surface area contributed by atoms with Gasteiger partial charge in [-0.2, -0.15) is 0 Å². The topological polar surface area (TPSA) is 32.3 Å². The van der Waals surface area contributed by atoms with Crippen LogP contribution in [0, 0.1) is 13.8 Å². The highest BCUT2D eigenvalue weighted by atomic mass is 16.2. The third-order valence-electron chi connectivity index (χ3n) is 4.40. The Balaban J connectivity index is 2.29. The molecular formula is C16H25NO. The van der Waals surface area contributed by atoms with E-state index in [0.29, 0.717) is 6.61 Å². The summed E-state index contributed by atoms with van der Waals surface area (Å²) in [6.07, 6.45) is 4.45. The van der Waals surface area contributed by atoms with Crippen molar-refractivity contribution in [2.45, 2.75) is 44.9 Å². The summed E-state index contributed by atoms with van der Waals surface area (Å²) < 4.78 is 0. The van der Waals surface area contributed by atoms with E-state index in [1.54, 1.807) is 0 Å². The third-order valence-corrected chi connectivity index (χ3v) is 4.40. The van der Waals surface area contributed by atoms with E-state index < -0.39 is 0 Å². The summed E-state index contributed by atoms with van der Waals surface area (Å²) >= 11 is 0. The Morgan fingerprint density at radius 2 is 2.11 bits per heavy atom. The molecule has 2 rings (SSSR count). The summed E-state index contributed by atoms with van der Waals surface area (Å²) in [7, 11) is 0. The summed E-state index contributed by atoms with van der Waals surface area (Å²) in [6.45, 7) is 6.83. The number of aliphatic hydroxyl groups is 1. The van der Waals surface area contributed by atoms with Crippen LogP contribution >= 0.6 is 0 Å². The van der Waals surface area contributed by atoms with Gasteiger partial charge in [0, 0.05) is 18.6 Å². The van der Waals surface area contributed by atoms with E-state index in [1.165, 1.54) is 29.5 Å². The molecule has 1 aromatic rings. The second-order valence-electron chi connectivity index (χ2n) is 5.69. The first-order valence-electron chi connectivity index (χ1n) is 7.07. The summed E-state index contributed by atoms with van der Waals surface area (Å²) in [5.74, 6) is 0. The fourth-order valence-corrected chi connectivity index (χ4v) is 3.06. The predicted molar refractivity (Wildman–Crippen MR) is 76.0 cm³/mol. The van der Waals surface area contributed by atoms with Gasteiger partial charge in [0.25, 0.3) is 0 Å².